The topological polar surface area (TPSA) is 91.8 Å². The van der Waals surface area contributed by atoms with Crippen LogP contribution in [0.2, 0.25) is 0 Å². The summed E-state index contributed by atoms with van der Waals surface area (Å²) in [5.74, 6) is -1.16. The van der Waals surface area contributed by atoms with Crippen LogP contribution in [-0.2, 0) is 4.79 Å². The van der Waals surface area contributed by atoms with Gasteiger partial charge in [-0.2, -0.15) is 5.26 Å². The van der Waals surface area contributed by atoms with Crippen molar-refractivity contribution in [1.82, 2.24) is 14.8 Å². The Labute approximate surface area is 73.7 Å². The molecule has 0 aliphatic rings. The molecule has 0 bridgehead atoms. The van der Waals surface area contributed by atoms with Crippen molar-refractivity contribution in [3.63, 3.8) is 0 Å². The molecule has 0 fully saturated rings. The minimum absolute atomic E-state index is 0.0619. The van der Waals surface area contributed by atoms with Crippen molar-refractivity contribution in [2.24, 2.45) is 0 Å². The normalized spacial score (nSPS) is 11.6. The van der Waals surface area contributed by atoms with Gasteiger partial charge in [-0.3, -0.25) is 0 Å². The molecule has 1 aromatic rings. The van der Waals surface area contributed by atoms with Gasteiger partial charge < -0.3 is 5.11 Å². The zero-order valence-electron chi connectivity index (χ0n) is 6.58. The lowest BCUT2D eigenvalue weighted by atomic mass is 10.3. The first-order chi connectivity index (χ1) is 6.19. The first kappa shape index (κ1) is 8.93. The third kappa shape index (κ3) is 1.70. The second-order valence-electron chi connectivity index (χ2n) is 2.18. The smallest absolute Gasteiger partial charge is 0.332 e. The van der Waals surface area contributed by atoms with Crippen molar-refractivity contribution < 1.29 is 9.90 Å². The number of nitrogens with zero attached hydrogens (tertiary/aromatic N) is 4. The number of carbonyl (C=O) groups is 1. The molecule has 0 amide bonds. The fraction of sp³-hybridized carbons (Fsp3) is 0.143. The summed E-state index contributed by atoms with van der Waals surface area (Å²) in [6, 6.07) is 0.718. The number of hydrogen-bond donors (Lipinski definition) is 1. The quantitative estimate of drug-likeness (QED) is 0.655. The number of aromatic nitrogens is 3. The second-order valence-corrected chi connectivity index (χ2v) is 2.18. The Balaban J connectivity index is 3.00. The molecule has 0 saturated carbocycles. The molecule has 0 saturated heterocycles. The summed E-state index contributed by atoms with van der Waals surface area (Å²) in [6.07, 6.45) is 2.39. The first-order valence-electron chi connectivity index (χ1n) is 3.35. The first-order valence-corrected chi connectivity index (χ1v) is 3.35. The Morgan fingerprint density at radius 3 is 3.00 bits per heavy atom. The standard InChI is InChI=1S/C7H6N4O2/c1-2-5(7(12)13)11-4-9-6(3-8)10-11/h2,4-5H,1H2,(H,12,13). The van der Waals surface area contributed by atoms with Crippen molar-refractivity contribution in [1.29, 1.82) is 5.26 Å². The molecule has 6 nitrogen and oxygen atoms in total. The Kier molecular flexibility index (Phi) is 2.40. The van der Waals surface area contributed by atoms with E-state index in [9.17, 15) is 4.79 Å². The van der Waals surface area contributed by atoms with Crippen LogP contribution in [0.4, 0.5) is 0 Å². The van der Waals surface area contributed by atoms with Crippen LogP contribution in [-0.4, -0.2) is 25.8 Å². The SMILES string of the molecule is C=CC(C(=O)O)n1cnc(C#N)n1. The third-order valence-electron chi connectivity index (χ3n) is 1.37. The van der Waals surface area contributed by atoms with Crippen LogP contribution in [0, 0.1) is 11.3 Å². The lowest BCUT2D eigenvalue weighted by molar-refractivity contribution is -0.139. The zero-order valence-corrected chi connectivity index (χ0v) is 6.58. The summed E-state index contributed by atoms with van der Waals surface area (Å²) in [4.78, 5) is 14.2. The minimum atomic E-state index is -1.09. The molecule has 1 rings (SSSR count). The molecule has 0 aromatic carbocycles. The largest absolute Gasteiger partial charge is 0.479 e. The van der Waals surface area contributed by atoms with E-state index in [2.05, 4.69) is 16.7 Å². The minimum Gasteiger partial charge on any atom is -0.479 e. The van der Waals surface area contributed by atoms with Crippen LogP contribution >= 0.6 is 0 Å². The Bertz CT molecular complexity index is 376. The molecular formula is C7H6N4O2. The Hall–Kier alpha value is -2.16. The molecule has 66 valence electrons. The Morgan fingerprint density at radius 1 is 1.92 bits per heavy atom. The second kappa shape index (κ2) is 3.49. The van der Waals surface area contributed by atoms with Crippen molar-refractivity contribution in [3.05, 3.63) is 24.8 Å². The van der Waals surface area contributed by atoms with Gasteiger partial charge in [0.15, 0.2) is 6.04 Å². The van der Waals surface area contributed by atoms with Gasteiger partial charge in [0, 0.05) is 0 Å². The van der Waals surface area contributed by atoms with E-state index in [1.165, 1.54) is 12.4 Å². The van der Waals surface area contributed by atoms with Crippen molar-refractivity contribution in [3.8, 4) is 6.07 Å². The van der Waals surface area contributed by atoms with Gasteiger partial charge in [-0.25, -0.2) is 14.5 Å². The summed E-state index contributed by atoms with van der Waals surface area (Å²) in [6.45, 7) is 3.34. The monoisotopic (exact) mass is 178 g/mol. The molecular weight excluding hydrogens is 172 g/mol. The predicted octanol–water partition coefficient (Wildman–Crippen LogP) is -0.0385. The molecule has 1 N–H and O–H groups in total. The lowest BCUT2D eigenvalue weighted by Gasteiger charge is -2.04. The van der Waals surface area contributed by atoms with Crippen molar-refractivity contribution >= 4 is 5.97 Å². The third-order valence-corrected chi connectivity index (χ3v) is 1.37. The van der Waals surface area contributed by atoms with Gasteiger partial charge in [0.25, 0.3) is 5.82 Å². The van der Waals surface area contributed by atoms with Gasteiger partial charge in [-0.05, 0) is 0 Å². The lowest BCUT2D eigenvalue weighted by Crippen LogP contribution is -2.17. The summed E-state index contributed by atoms with van der Waals surface area (Å²) in [7, 11) is 0. The zero-order chi connectivity index (χ0) is 9.84. The van der Waals surface area contributed by atoms with E-state index in [0.29, 0.717) is 0 Å². The Morgan fingerprint density at radius 2 is 2.62 bits per heavy atom. The molecule has 0 aliphatic carbocycles. The highest BCUT2D eigenvalue weighted by molar-refractivity contribution is 5.73. The van der Waals surface area contributed by atoms with E-state index in [1.807, 2.05) is 0 Å². The highest BCUT2D eigenvalue weighted by atomic mass is 16.4. The molecule has 1 heterocycles. The van der Waals surface area contributed by atoms with E-state index < -0.39 is 12.0 Å². The molecule has 1 atom stereocenters. The van der Waals surface area contributed by atoms with E-state index in [0.717, 1.165) is 4.68 Å². The maximum absolute atomic E-state index is 10.6. The van der Waals surface area contributed by atoms with Crippen molar-refractivity contribution in [2.45, 2.75) is 6.04 Å². The van der Waals surface area contributed by atoms with Gasteiger partial charge in [0.1, 0.15) is 12.4 Å². The van der Waals surface area contributed by atoms with Gasteiger partial charge in [0.05, 0.1) is 0 Å². The average molecular weight is 178 g/mol. The number of nitriles is 1. The highest BCUT2D eigenvalue weighted by Gasteiger charge is 2.16. The number of carboxylic acid groups (broad SMARTS) is 1. The van der Waals surface area contributed by atoms with Crippen LogP contribution in [0.3, 0.4) is 0 Å². The maximum atomic E-state index is 10.6. The molecule has 0 radical (unpaired) electrons. The molecule has 13 heavy (non-hydrogen) atoms. The van der Waals surface area contributed by atoms with Crippen LogP contribution in [0.25, 0.3) is 0 Å². The molecule has 0 spiro atoms. The van der Waals surface area contributed by atoms with Gasteiger partial charge in [-0.15, -0.1) is 11.7 Å². The maximum Gasteiger partial charge on any atom is 0.332 e. The fourth-order valence-corrected chi connectivity index (χ4v) is 0.782. The number of hydrogen-bond acceptors (Lipinski definition) is 4. The number of carboxylic acids is 1. The van der Waals surface area contributed by atoms with E-state index >= 15 is 0 Å². The van der Waals surface area contributed by atoms with Gasteiger partial charge in [0.2, 0.25) is 0 Å². The summed E-state index contributed by atoms with van der Waals surface area (Å²) in [5, 5.41) is 20.7. The van der Waals surface area contributed by atoms with E-state index in [-0.39, 0.29) is 5.82 Å². The molecule has 6 heteroatoms. The summed E-state index contributed by atoms with van der Waals surface area (Å²) < 4.78 is 1.06. The van der Waals surface area contributed by atoms with E-state index in [4.69, 9.17) is 10.4 Å². The molecule has 1 aromatic heterocycles. The van der Waals surface area contributed by atoms with Crippen LogP contribution in [0.5, 0.6) is 0 Å². The summed E-state index contributed by atoms with van der Waals surface area (Å²) in [5.41, 5.74) is 0. The molecule has 0 aliphatic heterocycles. The fourth-order valence-electron chi connectivity index (χ4n) is 0.782. The van der Waals surface area contributed by atoms with Crippen LogP contribution in [0.1, 0.15) is 11.9 Å². The van der Waals surface area contributed by atoms with Crippen LogP contribution < -0.4 is 0 Å². The molecule has 1 unspecified atom stereocenters. The summed E-state index contributed by atoms with van der Waals surface area (Å²) >= 11 is 0. The van der Waals surface area contributed by atoms with Gasteiger partial charge >= 0.3 is 5.97 Å². The van der Waals surface area contributed by atoms with Crippen molar-refractivity contribution in [2.75, 3.05) is 0 Å². The van der Waals surface area contributed by atoms with E-state index in [1.54, 1.807) is 6.07 Å². The van der Waals surface area contributed by atoms with Crippen LogP contribution in [0.15, 0.2) is 19.0 Å². The van der Waals surface area contributed by atoms with Gasteiger partial charge in [-0.1, -0.05) is 6.08 Å². The predicted molar refractivity (Wildman–Crippen MR) is 41.6 cm³/mol. The average Bonchev–Trinajstić information content (AvgIpc) is 2.53. The number of aliphatic carboxylic acids is 1. The number of rotatable bonds is 3. The highest BCUT2D eigenvalue weighted by Crippen LogP contribution is 2.05.